The highest BCUT2D eigenvalue weighted by molar-refractivity contribution is 5.97. The Balaban J connectivity index is 1.94. The Hall–Kier alpha value is -2.61. The smallest absolute Gasteiger partial charge is 0.341 e. The van der Waals surface area contributed by atoms with Gasteiger partial charge in [0.15, 0.2) is 5.75 Å². The predicted octanol–water partition coefficient (Wildman–Crippen LogP) is 2.16. The molecule has 2 heterocycles. The first-order chi connectivity index (χ1) is 13.3. The lowest BCUT2D eigenvalue weighted by atomic mass is 9.93. The molecule has 1 aliphatic heterocycles. The van der Waals surface area contributed by atoms with Gasteiger partial charge in [-0.05, 0) is 24.5 Å². The van der Waals surface area contributed by atoms with Crippen LogP contribution in [0.4, 0.5) is 10.1 Å². The number of hydrogen-bond acceptors (Lipinski definition) is 5. The molecule has 1 saturated carbocycles. The van der Waals surface area contributed by atoms with E-state index in [1.807, 2.05) is 0 Å². The quantitative estimate of drug-likeness (QED) is 0.832. The summed E-state index contributed by atoms with van der Waals surface area (Å²) >= 11 is 0. The number of benzene rings is 1. The Morgan fingerprint density at radius 3 is 2.68 bits per heavy atom. The van der Waals surface area contributed by atoms with Gasteiger partial charge >= 0.3 is 5.97 Å². The number of alkyl halides is 1. The van der Waals surface area contributed by atoms with Crippen molar-refractivity contribution >= 4 is 22.6 Å². The molecule has 2 fully saturated rings. The first-order valence-electron chi connectivity index (χ1n) is 9.47. The van der Waals surface area contributed by atoms with Crippen molar-refractivity contribution in [3.63, 3.8) is 0 Å². The van der Waals surface area contributed by atoms with Gasteiger partial charge in [0, 0.05) is 31.7 Å². The summed E-state index contributed by atoms with van der Waals surface area (Å²) in [5, 5.41) is 9.61. The van der Waals surface area contributed by atoms with Crippen molar-refractivity contribution in [2.24, 2.45) is 11.7 Å². The molecule has 0 unspecified atom stereocenters. The lowest BCUT2D eigenvalue weighted by Crippen LogP contribution is -2.47. The predicted molar refractivity (Wildman–Crippen MR) is 104 cm³/mol. The van der Waals surface area contributed by atoms with Crippen LogP contribution in [0.25, 0.3) is 10.9 Å². The highest BCUT2D eigenvalue weighted by Crippen LogP contribution is 2.44. The molecule has 2 aliphatic rings. The van der Waals surface area contributed by atoms with Gasteiger partial charge in [0.05, 0.1) is 29.7 Å². The maximum Gasteiger partial charge on any atom is 0.341 e. The molecule has 3 N–H and O–H groups in total. The zero-order valence-corrected chi connectivity index (χ0v) is 15.9. The van der Waals surface area contributed by atoms with Crippen LogP contribution in [0.1, 0.15) is 36.2 Å². The van der Waals surface area contributed by atoms with Crippen LogP contribution in [-0.4, -0.2) is 48.1 Å². The number of halogens is 1. The maximum atomic E-state index is 13.9. The van der Waals surface area contributed by atoms with E-state index in [-0.39, 0.29) is 23.4 Å². The summed E-state index contributed by atoms with van der Waals surface area (Å²) in [6, 6.07) is 2.90. The molecule has 0 amide bonds. The Morgan fingerprint density at radius 1 is 1.39 bits per heavy atom. The number of rotatable bonds is 4. The van der Waals surface area contributed by atoms with Crippen LogP contribution in [0.15, 0.2) is 23.1 Å². The molecular weight excluding hydrogens is 365 g/mol. The molecule has 4 rings (SSSR count). The van der Waals surface area contributed by atoms with E-state index in [4.69, 9.17) is 10.5 Å². The topological polar surface area (TPSA) is 97.8 Å². The van der Waals surface area contributed by atoms with Crippen LogP contribution in [0.3, 0.4) is 0 Å². The fourth-order valence-corrected chi connectivity index (χ4v) is 4.03. The number of nitrogens with zero attached hydrogens (tertiary/aromatic N) is 2. The molecule has 1 aromatic heterocycles. The first-order valence-corrected chi connectivity index (χ1v) is 9.47. The third-order valence-electron chi connectivity index (χ3n) is 5.96. The molecule has 0 bridgehead atoms. The maximum absolute atomic E-state index is 13.9. The molecule has 1 aliphatic carbocycles. The van der Waals surface area contributed by atoms with Gasteiger partial charge in [0.25, 0.3) is 0 Å². The largest absolute Gasteiger partial charge is 0.492 e. The van der Waals surface area contributed by atoms with E-state index in [1.165, 1.54) is 13.3 Å². The van der Waals surface area contributed by atoms with Crippen LogP contribution in [0.5, 0.6) is 5.75 Å². The third-order valence-corrected chi connectivity index (χ3v) is 5.96. The van der Waals surface area contributed by atoms with E-state index in [1.54, 1.807) is 16.7 Å². The molecule has 150 valence electrons. The van der Waals surface area contributed by atoms with Crippen molar-refractivity contribution in [2.75, 3.05) is 25.1 Å². The van der Waals surface area contributed by atoms with E-state index >= 15 is 0 Å². The standard InChI is InChI=1S/C20H24FN3O4/c1-10-5-6-23(9-14(10)22)15-4-3-11-17(19(15)28-2)24(16-7-13(16)21)8-12(18(11)25)20(26)27/h3-4,8,10,13-14,16H,5-7,9,22H2,1-2H3,(H,26,27)/t10-,13+,14-,16-/m1/s1. The lowest BCUT2D eigenvalue weighted by molar-refractivity contribution is 0.0694. The number of anilines is 1. The normalized spacial score (nSPS) is 27.1. The number of aromatic nitrogens is 1. The number of nitrogens with two attached hydrogens (primary N) is 1. The number of pyridine rings is 1. The Bertz CT molecular complexity index is 1010. The summed E-state index contributed by atoms with van der Waals surface area (Å²) < 4.78 is 21.1. The third kappa shape index (κ3) is 2.92. The fourth-order valence-electron chi connectivity index (χ4n) is 4.03. The molecule has 0 spiro atoms. The molecule has 1 aromatic carbocycles. The van der Waals surface area contributed by atoms with E-state index in [0.29, 0.717) is 23.7 Å². The number of hydrogen-bond donors (Lipinski definition) is 2. The highest BCUT2D eigenvalue weighted by atomic mass is 19.1. The molecule has 8 heteroatoms. The van der Waals surface area contributed by atoms with Gasteiger partial charge in [-0.1, -0.05) is 6.92 Å². The van der Waals surface area contributed by atoms with Crippen molar-refractivity contribution in [3.05, 3.63) is 34.1 Å². The number of carbonyl (C=O) groups is 1. The second-order valence-corrected chi connectivity index (χ2v) is 7.79. The number of aromatic carboxylic acids is 1. The minimum Gasteiger partial charge on any atom is -0.492 e. The van der Waals surface area contributed by atoms with Crippen molar-refractivity contribution in [3.8, 4) is 5.75 Å². The second kappa shape index (κ2) is 6.77. The zero-order valence-electron chi connectivity index (χ0n) is 15.9. The average Bonchev–Trinajstić information content (AvgIpc) is 3.39. The molecule has 0 radical (unpaired) electrons. The zero-order chi connectivity index (χ0) is 20.2. The number of carboxylic acids is 1. The average molecular weight is 389 g/mol. The molecule has 7 nitrogen and oxygen atoms in total. The fraction of sp³-hybridized carbons (Fsp3) is 0.500. The molecular formula is C20H24FN3O4. The highest BCUT2D eigenvalue weighted by Gasteiger charge is 2.41. The van der Waals surface area contributed by atoms with Crippen molar-refractivity contribution < 1.29 is 19.0 Å². The van der Waals surface area contributed by atoms with Crippen molar-refractivity contribution in [2.45, 2.75) is 38.0 Å². The van der Waals surface area contributed by atoms with Crippen LogP contribution >= 0.6 is 0 Å². The summed E-state index contributed by atoms with van der Waals surface area (Å²) in [4.78, 5) is 26.4. The number of piperidine rings is 1. The minimum atomic E-state index is -1.32. The van der Waals surface area contributed by atoms with Gasteiger partial charge in [-0.2, -0.15) is 0 Å². The monoisotopic (exact) mass is 389 g/mol. The van der Waals surface area contributed by atoms with Gasteiger partial charge in [0.2, 0.25) is 5.43 Å². The number of carboxylic acid groups (broad SMARTS) is 1. The summed E-state index contributed by atoms with van der Waals surface area (Å²) in [5.41, 5.74) is 6.50. The molecule has 4 atom stereocenters. The van der Waals surface area contributed by atoms with E-state index in [2.05, 4.69) is 11.8 Å². The van der Waals surface area contributed by atoms with Crippen molar-refractivity contribution in [1.29, 1.82) is 0 Å². The van der Waals surface area contributed by atoms with Crippen molar-refractivity contribution in [1.82, 2.24) is 4.57 Å². The number of fused-ring (bicyclic) bond motifs is 1. The minimum absolute atomic E-state index is 0.0180. The first kappa shape index (κ1) is 18.7. The van der Waals surface area contributed by atoms with Gasteiger partial charge in [-0.25, -0.2) is 9.18 Å². The van der Waals surface area contributed by atoms with Crippen LogP contribution in [0.2, 0.25) is 0 Å². The van der Waals surface area contributed by atoms with E-state index < -0.39 is 23.6 Å². The number of ether oxygens (including phenoxy) is 1. The Labute approximate surface area is 161 Å². The van der Waals surface area contributed by atoms with Gasteiger partial charge in [-0.15, -0.1) is 0 Å². The molecule has 2 aromatic rings. The van der Waals surface area contributed by atoms with Crippen LogP contribution in [0, 0.1) is 5.92 Å². The Morgan fingerprint density at radius 2 is 2.11 bits per heavy atom. The summed E-state index contributed by atoms with van der Waals surface area (Å²) in [7, 11) is 1.50. The lowest BCUT2D eigenvalue weighted by Gasteiger charge is -2.37. The SMILES string of the molecule is COc1c(N2CC[C@@H](C)[C@H](N)C2)ccc2c(=O)c(C(=O)O)cn([C@@H]3C[C@@H]3F)c12. The summed E-state index contributed by atoms with van der Waals surface area (Å²) in [6.07, 6.45) is 1.40. The van der Waals surface area contributed by atoms with E-state index in [0.717, 1.165) is 18.7 Å². The summed E-state index contributed by atoms with van der Waals surface area (Å²) in [5.74, 6) is -0.457. The van der Waals surface area contributed by atoms with Crippen LogP contribution < -0.4 is 20.8 Å². The van der Waals surface area contributed by atoms with E-state index in [9.17, 15) is 19.1 Å². The van der Waals surface area contributed by atoms with Gasteiger partial charge < -0.3 is 25.0 Å². The second-order valence-electron chi connectivity index (χ2n) is 7.79. The number of methoxy groups -OCH3 is 1. The van der Waals surface area contributed by atoms with Crippen LogP contribution in [-0.2, 0) is 0 Å². The Kier molecular flexibility index (Phi) is 4.53. The van der Waals surface area contributed by atoms with Gasteiger partial charge in [-0.3, -0.25) is 4.79 Å². The van der Waals surface area contributed by atoms with Gasteiger partial charge in [0.1, 0.15) is 11.7 Å². The molecule has 1 saturated heterocycles. The molecule has 28 heavy (non-hydrogen) atoms. The summed E-state index contributed by atoms with van der Waals surface area (Å²) in [6.45, 7) is 3.57.